The summed E-state index contributed by atoms with van der Waals surface area (Å²) in [6.07, 6.45) is 3.30. The minimum Gasteiger partial charge on any atom is -0.224 e. The van der Waals surface area contributed by atoms with Crippen LogP contribution >= 0.6 is 27.7 Å². The molecule has 0 aromatic heterocycles. The minimum absolute atomic E-state index is 0.105. The predicted molar refractivity (Wildman–Crippen MR) is 96.0 cm³/mol. The molecule has 1 heterocycles. The molecule has 0 aliphatic carbocycles. The summed E-state index contributed by atoms with van der Waals surface area (Å²) in [4.78, 5) is 0.313. The predicted octanol–water partition coefficient (Wildman–Crippen LogP) is 5.04. The van der Waals surface area contributed by atoms with Crippen molar-refractivity contribution >= 4 is 37.5 Å². The summed E-state index contributed by atoms with van der Waals surface area (Å²) in [6, 6.07) is 13.5. The van der Waals surface area contributed by atoms with Crippen molar-refractivity contribution in [3.05, 3.63) is 75.4 Å². The molecule has 6 heteroatoms. The maximum Gasteiger partial charge on any atom is 0.175 e. The van der Waals surface area contributed by atoms with Gasteiger partial charge >= 0.3 is 0 Å². The number of thioether (sulfide) groups is 1. The SMILES string of the molecule is CS(=O)(=O)c1ccc(C2C=C(Br)SC2c2ccc(F)cc2)cc1. The highest BCUT2D eigenvalue weighted by Gasteiger charge is 2.30. The second-order valence-corrected chi connectivity index (χ2v) is 10.0. The molecule has 0 radical (unpaired) electrons. The Morgan fingerprint density at radius 1 is 1.00 bits per heavy atom. The van der Waals surface area contributed by atoms with E-state index in [1.54, 1.807) is 36.0 Å². The molecule has 1 aliphatic rings. The monoisotopic (exact) mass is 412 g/mol. The summed E-state index contributed by atoms with van der Waals surface area (Å²) in [7, 11) is -3.20. The largest absolute Gasteiger partial charge is 0.224 e. The van der Waals surface area contributed by atoms with E-state index < -0.39 is 9.84 Å². The van der Waals surface area contributed by atoms with Gasteiger partial charge in [0, 0.05) is 21.2 Å². The maximum absolute atomic E-state index is 13.1. The third-order valence-electron chi connectivity index (χ3n) is 3.77. The second-order valence-electron chi connectivity index (χ2n) is 5.43. The summed E-state index contributed by atoms with van der Waals surface area (Å²) < 4.78 is 37.3. The summed E-state index contributed by atoms with van der Waals surface area (Å²) >= 11 is 5.20. The lowest BCUT2D eigenvalue weighted by Gasteiger charge is -2.19. The molecule has 0 N–H and O–H groups in total. The molecule has 2 aromatic carbocycles. The van der Waals surface area contributed by atoms with Crippen LogP contribution in [0.25, 0.3) is 0 Å². The highest BCUT2D eigenvalue weighted by atomic mass is 79.9. The number of rotatable bonds is 3. The van der Waals surface area contributed by atoms with Crippen LogP contribution in [-0.2, 0) is 9.84 Å². The van der Waals surface area contributed by atoms with Crippen LogP contribution in [0.1, 0.15) is 22.3 Å². The lowest BCUT2D eigenvalue weighted by Crippen LogP contribution is -2.04. The summed E-state index contributed by atoms with van der Waals surface area (Å²) in [5.41, 5.74) is 2.08. The third kappa shape index (κ3) is 3.70. The molecule has 0 bridgehead atoms. The Bertz CT molecular complexity index is 843. The van der Waals surface area contributed by atoms with E-state index in [9.17, 15) is 12.8 Å². The minimum atomic E-state index is -3.20. The highest BCUT2D eigenvalue weighted by molar-refractivity contribution is 9.14. The zero-order valence-corrected chi connectivity index (χ0v) is 15.5. The van der Waals surface area contributed by atoms with Gasteiger partial charge < -0.3 is 0 Å². The van der Waals surface area contributed by atoms with Gasteiger partial charge in [-0.15, -0.1) is 11.8 Å². The first-order valence-electron chi connectivity index (χ1n) is 6.94. The van der Waals surface area contributed by atoms with Crippen LogP contribution in [0.5, 0.6) is 0 Å². The van der Waals surface area contributed by atoms with Gasteiger partial charge in [-0.3, -0.25) is 0 Å². The van der Waals surface area contributed by atoms with E-state index >= 15 is 0 Å². The van der Waals surface area contributed by atoms with Crippen LogP contribution in [0.3, 0.4) is 0 Å². The molecule has 0 fully saturated rings. The van der Waals surface area contributed by atoms with Crippen molar-refractivity contribution in [1.29, 1.82) is 0 Å². The third-order valence-corrected chi connectivity index (χ3v) is 6.90. The average molecular weight is 413 g/mol. The van der Waals surface area contributed by atoms with E-state index in [4.69, 9.17) is 0 Å². The van der Waals surface area contributed by atoms with Crippen molar-refractivity contribution in [2.24, 2.45) is 0 Å². The smallest absolute Gasteiger partial charge is 0.175 e. The molecule has 1 aliphatic heterocycles. The van der Waals surface area contributed by atoms with Gasteiger partial charge in [0.05, 0.1) is 4.90 Å². The fraction of sp³-hybridized carbons (Fsp3) is 0.176. The lowest BCUT2D eigenvalue weighted by molar-refractivity contribution is 0.602. The number of sulfone groups is 1. The molecule has 0 spiro atoms. The molecule has 0 saturated carbocycles. The molecule has 2 nitrogen and oxygen atoms in total. The van der Waals surface area contributed by atoms with Gasteiger partial charge in [0.15, 0.2) is 9.84 Å². The summed E-state index contributed by atoms with van der Waals surface area (Å²) in [6.45, 7) is 0. The van der Waals surface area contributed by atoms with Crippen LogP contribution in [0.15, 0.2) is 63.3 Å². The number of hydrogen-bond donors (Lipinski definition) is 0. The van der Waals surface area contributed by atoms with Crippen molar-refractivity contribution in [2.45, 2.75) is 16.1 Å². The van der Waals surface area contributed by atoms with Crippen molar-refractivity contribution in [3.63, 3.8) is 0 Å². The molecule has 120 valence electrons. The van der Waals surface area contributed by atoms with Gasteiger partial charge in [0.25, 0.3) is 0 Å². The van der Waals surface area contributed by atoms with E-state index in [1.165, 1.54) is 18.4 Å². The average Bonchev–Trinajstić information content (AvgIpc) is 2.89. The zero-order valence-electron chi connectivity index (χ0n) is 12.2. The second kappa shape index (κ2) is 6.42. The lowest BCUT2D eigenvalue weighted by atomic mass is 9.92. The van der Waals surface area contributed by atoms with Gasteiger partial charge in [-0.2, -0.15) is 0 Å². The van der Waals surface area contributed by atoms with Gasteiger partial charge in [-0.05, 0) is 51.3 Å². The summed E-state index contributed by atoms with van der Waals surface area (Å²) in [5, 5.41) is 0.133. The molecule has 23 heavy (non-hydrogen) atoms. The van der Waals surface area contributed by atoms with Crippen LogP contribution in [0, 0.1) is 5.82 Å². The summed E-state index contributed by atoms with van der Waals surface area (Å²) in [5.74, 6) is -0.147. The van der Waals surface area contributed by atoms with Gasteiger partial charge in [0.2, 0.25) is 0 Å². The Balaban J connectivity index is 1.94. The molecular weight excluding hydrogens is 399 g/mol. The van der Waals surface area contributed by atoms with Crippen LogP contribution < -0.4 is 0 Å². The van der Waals surface area contributed by atoms with Crippen LogP contribution in [0.4, 0.5) is 4.39 Å². The number of hydrogen-bond acceptors (Lipinski definition) is 3. The molecule has 0 amide bonds. The Kier molecular flexibility index (Phi) is 4.67. The van der Waals surface area contributed by atoms with Crippen LogP contribution in [-0.4, -0.2) is 14.7 Å². The first-order valence-corrected chi connectivity index (χ1v) is 10.5. The van der Waals surface area contributed by atoms with Crippen molar-refractivity contribution in [1.82, 2.24) is 0 Å². The van der Waals surface area contributed by atoms with E-state index in [2.05, 4.69) is 22.0 Å². The maximum atomic E-state index is 13.1. The standard InChI is InChI=1S/C17H14BrFO2S2/c1-23(20,21)14-8-4-11(5-9-14)15-10-16(18)22-17(15)12-2-6-13(19)7-3-12/h2-10,15,17H,1H3. The van der Waals surface area contributed by atoms with Gasteiger partial charge in [-0.25, -0.2) is 12.8 Å². The van der Waals surface area contributed by atoms with Crippen LogP contribution in [0.2, 0.25) is 0 Å². The number of benzene rings is 2. The zero-order chi connectivity index (χ0) is 16.6. The van der Waals surface area contributed by atoms with E-state index in [0.717, 1.165) is 14.9 Å². The molecular formula is C17H14BrFO2S2. The Labute approximate surface area is 147 Å². The first kappa shape index (κ1) is 16.7. The van der Waals surface area contributed by atoms with E-state index in [0.29, 0.717) is 4.90 Å². The fourth-order valence-electron chi connectivity index (χ4n) is 2.60. The Morgan fingerprint density at radius 3 is 2.13 bits per heavy atom. The van der Waals surface area contributed by atoms with Crippen molar-refractivity contribution in [3.8, 4) is 0 Å². The van der Waals surface area contributed by atoms with Gasteiger partial charge in [0.1, 0.15) is 5.82 Å². The topological polar surface area (TPSA) is 34.1 Å². The first-order chi connectivity index (χ1) is 10.8. The Hall–Kier alpha value is -1.11. The molecule has 2 unspecified atom stereocenters. The molecule has 0 saturated heterocycles. The fourth-order valence-corrected chi connectivity index (χ4v) is 5.26. The molecule has 3 rings (SSSR count). The van der Waals surface area contributed by atoms with E-state index in [-0.39, 0.29) is 17.0 Å². The number of allylic oxidation sites excluding steroid dienone is 1. The number of halogens is 2. The van der Waals surface area contributed by atoms with Crippen molar-refractivity contribution in [2.75, 3.05) is 6.26 Å². The Morgan fingerprint density at radius 2 is 1.57 bits per heavy atom. The van der Waals surface area contributed by atoms with Gasteiger partial charge in [-0.1, -0.05) is 30.3 Å². The van der Waals surface area contributed by atoms with Crippen molar-refractivity contribution < 1.29 is 12.8 Å². The molecule has 2 aromatic rings. The highest BCUT2D eigenvalue weighted by Crippen LogP contribution is 2.53. The molecule has 2 atom stereocenters. The quantitative estimate of drug-likeness (QED) is 0.707. The normalized spacial score (nSPS) is 21.3. The van der Waals surface area contributed by atoms with E-state index in [1.807, 2.05) is 12.1 Å².